The van der Waals surface area contributed by atoms with Crippen LogP contribution in [0, 0.1) is 17.5 Å². The number of aromatic amines is 1. The van der Waals surface area contributed by atoms with E-state index in [-0.39, 0.29) is 27.3 Å². The fraction of sp³-hybridized carbons (Fsp3) is 0.0476. The lowest BCUT2D eigenvalue weighted by Crippen LogP contribution is -2.33. The number of carbonyl (C=O) groups excluding carboxylic acids is 1. The van der Waals surface area contributed by atoms with E-state index in [1.54, 1.807) is 0 Å². The number of nitrogens with zero attached hydrogens (tertiary/aromatic N) is 2. The average molecular weight is 495 g/mol. The Kier molecular flexibility index (Phi) is 5.76. The Labute approximate surface area is 191 Å². The summed E-state index contributed by atoms with van der Waals surface area (Å²) in [5, 5.41) is 0.454. The Bertz CT molecular complexity index is 1490. The second-order valence-corrected chi connectivity index (χ2v) is 9.05. The number of anilines is 2. The van der Waals surface area contributed by atoms with E-state index < -0.39 is 44.7 Å². The van der Waals surface area contributed by atoms with Gasteiger partial charge in [0.25, 0.3) is 0 Å². The molecular weight excluding hydrogens is 481 g/mol. The number of H-pyrrole nitrogens is 1. The van der Waals surface area contributed by atoms with Gasteiger partial charge in [0, 0.05) is 30.4 Å². The number of carbonyl (C=O) groups is 1. The fourth-order valence-corrected chi connectivity index (χ4v) is 4.27. The third kappa shape index (κ3) is 4.24. The van der Waals surface area contributed by atoms with E-state index in [9.17, 15) is 22.0 Å². The summed E-state index contributed by atoms with van der Waals surface area (Å²) < 4.78 is 70.9. The van der Waals surface area contributed by atoms with Crippen molar-refractivity contribution >= 4 is 50.0 Å². The van der Waals surface area contributed by atoms with Gasteiger partial charge in [-0.05, 0) is 42.5 Å². The molecule has 170 valence electrons. The predicted molar refractivity (Wildman–Crippen MR) is 118 cm³/mol. The zero-order valence-electron chi connectivity index (χ0n) is 16.7. The summed E-state index contributed by atoms with van der Waals surface area (Å²) in [5.74, 6) is -4.19. The minimum absolute atomic E-state index is 0.0888. The normalized spacial score (nSPS) is 11.5. The Balaban J connectivity index is 1.71. The molecule has 0 saturated heterocycles. The fourth-order valence-electron chi connectivity index (χ4n) is 3.14. The van der Waals surface area contributed by atoms with E-state index >= 15 is 4.39 Å². The Morgan fingerprint density at radius 1 is 1.12 bits per heavy atom. The number of benzene rings is 2. The van der Waals surface area contributed by atoms with E-state index in [1.807, 2.05) is 4.72 Å². The highest BCUT2D eigenvalue weighted by Gasteiger charge is 2.27. The highest BCUT2D eigenvalue weighted by atomic mass is 35.5. The van der Waals surface area contributed by atoms with Crippen LogP contribution in [0.2, 0.25) is 5.02 Å². The monoisotopic (exact) mass is 494 g/mol. The summed E-state index contributed by atoms with van der Waals surface area (Å²) in [6.07, 6.45) is 2.57. The number of rotatable bonds is 6. The van der Waals surface area contributed by atoms with E-state index in [0.717, 1.165) is 35.6 Å². The largest absolute Gasteiger partial charge is 0.345 e. The summed E-state index contributed by atoms with van der Waals surface area (Å²) in [4.78, 5) is 19.7. The van der Waals surface area contributed by atoms with Crippen LogP contribution in [-0.4, -0.2) is 31.2 Å². The van der Waals surface area contributed by atoms with Crippen molar-refractivity contribution in [1.29, 1.82) is 0 Å². The van der Waals surface area contributed by atoms with Gasteiger partial charge in [0.15, 0.2) is 5.82 Å². The summed E-state index contributed by atoms with van der Waals surface area (Å²) in [6.45, 7) is 0. The molecule has 0 unspecified atom stereocenters. The minimum atomic E-state index is -4.40. The van der Waals surface area contributed by atoms with Crippen LogP contribution >= 0.6 is 11.6 Å². The molecule has 0 aliphatic heterocycles. The molecule has 2 aromatic heterocycles. The smallest absolute Gasteiger partial charge is 0.323 e. The van der Waals surface area contributed by atoms with Crippen molar-refractivity contribution in [3.8, 4) is 0 Å². The second-order valence-electron chi connectivity index (χ2n) is 6.92. The topological polar surface area (TPSA) is 95.2 Å². The van der Waals surface area contributed by atoms with Gasteiger partial charge >= 0.3 is 10.2 Å². The molecule has 4 rings (SSSR count). The number of hydrogen-bond acceptors (Lipinski definition) is 4. The number of nitrogens with one attached hydrogen (secondary N) is 2. The third-order valence-corrected chi connectivity index (χ3v) is 6.47. The molecular formula is C21H14ClF3N4O3S. The van der Waals surface area contributed by atoms with Crippen molar-refractivity contribution in [2.45, 2.75) is 0 Å². The van der Waals surface area contributed by atoms with Gasteiger partial charge in [0.05, 0.1) is 22.0 Å². The van der Waals surface area contributed by atoms with Crippen LogP contribution in [0.1, 0.15) is 15.9 Å². The first-order valence-corrected chi connectivity index (χ1v) is 11.1. The molecule has 12 heteroatoms. The van der Waals surface area contributed by atoms with Crippen molar-refractivity contribution in [1.82, 2.24) is 9.97 Å². The quantitative estimate of drug-likeness (QED) is 0.381. The molecule has 0 aliphatic rings. The molecule has 0 fully saturated rings. The third-order valence-electron chi connectivity index (χ3n) is 4.85. The maximum atomic E-state index is 15.2. The summed E-state index contributed by atoms with van der Waals surface area (Å²) in [7, 11) is -3.24. The van der Waals surface area contributed by atoms with Crippen LogP contribution in [0.4, 0.5) is 24.5 Å². The number of pyridine rings is 1. The zero-order valence-corrected chi connectivity index (χ0v) is 18.3. The van der Waals surface area contributed by atoms with E-state index in [4.69, 9.17) is 11.6 Å². The first kappa shape index (κ1) is 22.6. The zero-order chi connectivity index (χ0) is 23.9. The highest BCUT2D eigenvalue weighted by molar-refractivity contribution is 7.94. The lowest BCUT2D eigenvalue weighted by molar-refractivity contribution is 0.103. The van der Waals surface area contributed by atoms with Gasteiger partial charge < -0.3 is 4.98 Å². The van der Waals surface area contributed by atoms with Gasteiger partial charge in [-0.2, -0.15) is 8.42 Å². The van der Waals surface area contributed by atoms with Gasteiger partial charge in [0.1, 0.15) is 17.3 Å². The molecule has 2 aromatic carbocycles. The number of fused-ring (bicyclic) bond motifs is 1. The van der Waals surface area contributed by atoms with Gasteiger partial charge in [-0.1, -0.05) is 11.6 Å². The number of halogens is 4. The highest BCUT2D eigenvalue weighted by Crippen LogP contribution is 2.29. The maximum Gasteiger partial charge on any atom is 0.323 e. The van der Waals surface area contributed by atoms with Crippen molar-refractivity contribution < 1.29 is 26.4 Å². The molecule has 0 saturated carbocycles. The molecule has 0 bridgehead atoms. The van der Waals surface area contributed by atoms with E-state index in [0.29, 0.717) is 0 Å². The maximum absolute atomic E-state index is 15.2. The summed E-state index contributed by atoms with van der Waals surface area (Å²) in [5.41, 5.74) is -1.33. The minimum Gasteiger partial charge on any atom is -0.345 e. The van der Waals surface area contributed by atoms with E-state index in [2.05, 4.69) is 9.97 Å². The van der Waals surface area contributed by atoms with Crippen LogP contribution in [0.3, 0.4) is 0 Å². The van der Waals surface area contributed by atoms with Crippen LogP contribution in [0.15, 0.2) is 54.9 Å². The first-order valence-electron chi connectivity index (χ1n) is 9.26. The summed E-state index contributed by atoms with van der Waals surface area (Å²) in [6, 6.07) is 7.56. The first-order chi connectivity index (χ1) is 15.6. The van der Waals surface area contributed by atoms with Gasteiger partial charge in [-0.3, -0.25) is 13.8 Å². The predicted octanol–water partition coefficient (Wildman–Crippen LogP) is 4.66. The lowest BCUT2D eigenvalue weighted by Gasteiger charge is -2.21. The molecule has 0 aliphatic carbocycles. The van der Waals surface area contributed by atoms with Gasteiger partial charge in [-0.15, -0.1) is 0 Å². The van der Waals surface area contributed by atoms with Crippen LogP contribution in [0.5, 0.6) is 0 Å². The Hall–Kier alpha value is -3.57. The SMILES string of the molecule is CN(c1ccc(F)cc1)S(=O)(=O)Nc1ccc(F)c(C(=O)c2c[nH]c3ncc(Cl)cc23)c1F. The van der Waals surface area contributed by atoms with Crippen LogP contribution < -0.4 is 9.03 Å². The second kappa shape index (κ2) is 8.41. The lowest BCUT2D eigenvalue weighted by atomic mass is 10.0. The van der Waals surface area contributed by atoms with Gasteiger partial charge in [0.2, 0.25) is 5.78 Å². The molecule has 33 heavy (non-hydrogen) atoms. The van der Waals surface area contributed by atoms with E-state index in [1.165, 1.54) is 30.6 Å². The van der Waals surface area contributed by atoms with Crippen molar-refractivity contribution in [2.75, 3.05) is 16.1 Å². The van der Waals surface area contributed by atoms with Gasteiger partial charge in [-0.25, -0.2) is 18.2 Å². The van der Waals surface area contributed by atoms with Crippen LogP contribution in [-0.2, 0) is 10.2 Å². The standard InChI is InChI=1S/C21H14ClF3N4O3S/c1-29(13-4-2-12(23)3-5-13)33(31,32)28-17-7-6-16(24)18(19(17)25)20(30)15-10-27-21-14(15)8-11(22)9-26-21/h2-10,28H,1H3,(H,26,27). The molecule has 2 N–H and O–H groups in total. The Morgan fingerprint density at radius 2 is 1.82 bits per heavy atom. The number of ketones is 1. The molecule has 7 nitrogen and oxygen atoms in total. The molecule has 2 heterocycles. The molecule has 0 amide bonds. The van der Waals surface area contributed by atoms with Crippen molar-refractivity contribution in [2.24, 2.45) is 0 Å². The molecule has 0 atom stereocenters. The van der Waals surface area contributed by atoms with Crippen molar-refractivity contribution in [3.63, 3.8) is 0 Å². The summed E-state index contributed by atoms with van der Waals surface area (Å²) >= 11 is 5.91. The number of hydrogen-bond donors (Lipinski definition) is 2. The van der Waals surface area contributed by atoms with Crippen molar-refractivity contribution in [3.05, 3.63) is 88.5 Å². The number of aromatic nitrogens is 2. The Morgan fingerprint density at radius 3 is 2.52 bits per heavy atom. The molecule has 0 spiro atoms. The molecule has 4 aromatic rings. The molecule has 0 radical (unpaired) electrons. The average Bonchev–Trinajstić information content (AvgIpc) is 3.19. The van der Waals surface area contributed by atoms with Crippen LogP contribution in [0.25, 0.3) is 11.0 Å².